The molecule has 37 heavy (non-hydrogen) atoms. The molecule has 1 amide bonds. The number of aliphatic hydroxyl groups is 1. The van der Waals surface area contributed by atoms with Gasteiger partial charge in [0, 0.05) is 26.3 Å². The van der Waals surface area contributed by atoms with Crippen LogP contribution < -0.4 is 19.5 Å². The minimum atomic E-state index is -0.560. The molecule has 0 bridgehead atoms. The predicted octanol–water partition coefficient (Wildman–Crippen LogP) is 4.28. The number of amides is 1. The molecule has 3 aliphatic rings. The highest BCUT2D eigenvalue weighted by Gasteiger charge is 2.51. The number of aromatic nitrogens is 1. The van der Waals surface area contributed by atoms with Crippen LogP contribution in [0.4, 0.5) is 5.82 Å². The fraction of sp³-hybridized carbons (Fsp3) is 0.379. The number of pyridine rings is 1. The van der Waals surface area contributed by atoms with E-state index in [0.29, 0.717) is 17.3 Å². The molecule has 2 N–H and O–H groups in total. The monoisotopic (exact) mass is 503 g/mol. The first-order valence-electron chi connectivity index (χ1n) is 12.8. The molecular formula is C29H33N3O5. The van der Waals surface area contributed by atoms with Crippen LogP contribution in [0.1, 0.15) is 49.8 Å². The van der Waals surface area contributed by atoms with Crippen molar-refractivity contribution in [2.45, 2.75) is 43.2 Å². The zero-order valence-corrected chi connectivity index (χ0v) is 20.9. The molecule has 1 unspecified atom stereocenters. The smallest absolute Gasteiger partial charge is 0.236 e. The average Bonchev–Trinajstić information content (AvgIpc) is 3.62. The molecule has 2 aliphatic heterocycles. The van der Waals surface area contributed by atoms with Crippen molar-refractivity contribution in [3.8, 4) is 17.2 Å². The third kappa shape index (κ3) is 4.51. The van der Waals surface area contributed by atoms with E-state index in [2.05, 4.69) is 21.3 Å². The lowest BCUT2D eigenvalue weighted by molar-refractivity contribution is -0.118. The minimum absolute atomic E-state index is 0. The van der Waals surface area contributed by atoms with Crippen LogP contribution in [0.2, 0.25) is 0 Å². The van der Waals surface area contributed by atoms with Crippen molar-refractivity contribution in [1.82, 2.24) is 9.88 Å². The minimum Gasteiger partial charge on any atom is -0.496 e. The summed E-state index contributed by atoms with van der Waals surface area (Å²) in [6.07, 6.45) is 4.60. The molecule has 0 spiro atoms. The van der Waals surface area contributed by atoms with Gasteiger partial charge in [0.25, 0.3) is 0 Å². The maximum absolute atomic E-state index is 13.3. The molecule has 1 saturated carbocycles. The molecule has 8 heteroatoms. The molecule has 6 rings (SSSR count). The number of benzene rings is 2. The Bertz CT molecular complexity index is 1290. The van der Waals surface area contributed by atoms with Gasteiger partial charge >= 0.3 is 0 Å². The van der Waals surface area contributed by atoms with Crippen molar-refractivity contribution in [1.29, 1.82) is 0 Å². The van der Waals surface area contributed by atoms with E-state index in [1.54, 1.807) is 7.11 Å². The summed E-state index contributed by atoms with van der Waals surface area (Å²) < 4.78 is 16.6. The van der Waals surface area contributed by atoms with Crippen molar-refractivity contribution in [2.24, 2.45) is 0 Å². The van der Waals surface area contributed by atoms with Crippen LogP contribution in [0.15, 0.2) is 60.8 Å². The highest BCUT2D eigenvalue weighted by atomic mass is 16.7. The number of para-hydroxylation sites is 1. The van der Waals surface area contributed by atoms with Crippen LogP contribution in [0, 0.1) is 0 Å². The van der Waals surface area contributed by atoms with Crippen LogP contribution >= 0.6 is 0 Å². The summed E-state index contributed by atoms with van der Waals surface area (Å²) in [6, 6.07) is 17.6. The van der Waals surface area contributed by atoms with Gasteiger partial charge in [-0.15, -0.1) is 0 Å². The van der Waals surface area contributed by atoms with Crippen molar-refractivity contribution < 1.29 is 25.5 Å². The molecule has 1 aromatic heterocycles. The normalized spacial score (nSPS) is 19.3. The van der Waals surface area contributed by atoms with E-state index in [-0.39, 0.29) is 26.3 Å². The van der Waals surface area contributed by atoms with Crippen molar-refractivity contribution >= 4 is 11.7 Å². The third-order valence-corrected chi connectivity index (χ3v) is 7.75. The Morgan fingerprint density at radius 1 is 1.14 bits per heavy atom. The Kier molecular flexibility index (Phi) is 6.22. The van der Waals surface area contributed by atoms with Gasteiger partial charge < -0.3 is 24.6 Å². The van der Waals surface area contributed by atoms with E-state index in [4.69, 9.17) is 14.2 Å². The number of aliphatic hydroxyl groups excluding tert-OH is 1. The SMILES string of the molecule is COc1ccccc1C(c1ccc(NC(=O)C2(c3ccc4c(c3)OCO4)CC2)nc1)N1CCC(O)CC1.[HH]. The number of likely N-dealkylation sites (tertiary alicyclic amines) is 1. The molecular weight excluding hydrogens is 470 g/mol. The zero-order chi connectivity index (χ0) is 25.4. The van der Waals surface area contributed by atoms with Crippen molar-refractivity contribution in [3.63, 3.8) is 0 Å². The van der Waals surface area contributed by atoms with Gasteiger partial charge in [-0.05, 0) is 61.1 Å². The number of rotatable bonds is 7. The number of carbonyl (C=O) groups excluding carboxylic acids is 1. The Labute approximate surface area is 217 Å². The van der Waals surface area contributed by atoms with E-state index in [1.165, 1.54) is 0 Å². The number of nitrogens with one attached hydrogen (secondary N) is 1. The summed E-state index contributed by atoms with van der Waals surface area (Å²) in [7, 11) is 1.68. The second-order valence-corrected chi connectivity index (χ2v) is 9.99. The fourth-order valence-corrected chi connectivity index (χ4v) is 5.47. The Hall–Kier alpha value is -3.62. The van der Waals surface area contributed by atoms with Gasteiger partial charge in [0.15, 0.2) is 11.5 Å². The van der Waals surface area contributed by atoms with E-state index >= 15 is 0 Å². The summed E-state index contributed by atoms with van der Waals surface area (Å²) in [5.74, 6) is 2.68. The maximum Gasteiger partial charge on any atom is 0.236 e. The largest absolute Gasteiger partial charge is 0.496 e. The highest BCUT2D eigenvalue weighted by molar-refractivity contribution is 6.01. The highest BCUT2D eigenvalue weighted by Crippen LogP contribution is 2.51. The van der Waals surface area contributed by atoms with Gasteiger partial charge in [0.05, 0.1) is 24.7 Å². The number of ether oxygens (including phenoxy) is 3. The molecule has 1 saturated heterocycles. The molecule has 194 valence electrons. The van der Waals surface area contributed by atoms with Gasteiger partial charge in [-0.25, -0.2) is 4.98 Å². The van der Waals surface area contributed by atoms with Crippen molar-refractivity contribution in [2.75, 3.05) is 32.3 Å². The molecule has 3 heterocycles. The summed E-state index contributed by atoms with van der Waals surface area (Å²) in [6.45, 7) is 1.77. The standard InChI is InChI=1S/C29H31N3O5.H2/c1-35-23-5-3-2-4-22(23)27(32-14-10-21(33)11-15-32)19-6-9-26(30-17-19)31-28(34)29(12-13-29)20-7-8-24-25(16-20)37-18-36-24;/h2-9,16-17,21,27,33H,10-15,18H2,1H3,(H,30,31,34);1H. The van der Waals surface area contributed by atoms with Gasteiger partial charge in [-0.1, -0.05) is 30.3 Å². The van der Waals surface area contributed by atoms with Gasteiger partial charge in [-0.2, -0.15) is 0 Å². The van der Waals surface area contributed by atoms with Crippen LogP contribution in [0.3, 0.4) is 0 Å². The third-order valence-electron chi connectivity index (χ3n) is 7.75. The quantitative estimate of drug-likeness (QED) is 0.497. The lowest BCUT2D eigenvalue weighted by Gasteiger charge is -2.37. The molecule has 0 radical (unpaired) electrons. The average molecular weight is 504 g/mol. The number of piperidine rings is 1. The number of carbonyl (C=O) groups is 1. The zero-order valence-electron chi connectivity index (χ0n) is 20.9. The van der Waals surface area contributed by atoms with Crippen LogP contribution in [0.25, 0.3) is 0 Å². The number of nitrogens with zero attached hydrogens (tertiary/aromatic N) is 2. The van der Waals surface area contributed by atoms with Gasteiger partial charge in [0.2, 0.25) is 12.7 Å². The van der Waals surface area contributed by atoms with Crippen LogP contribution in [-0.2, 0) is 10.2 Å². The number of hydrogen-bond donors (Lipinski definition) is 2. The Morgan fingerprint density at radius 3 is 2.65 bits per heavy atom. The number of methoxy groups -OCH3 is 1. The van der Waals surface area contributed by atoms with Crippen LogP contribution in [0.5, 0.6) is 17.2 Å². The number of anilines is 1. The first-order chi connectivity index (χ1) is 18.1. The lowest BCUT2D eigenvalue weighted by Crippen LogP contribution is -2.39. The first-order valence-corrected chi connectivity index (χ1v) is 12.8. The second-order valence-electron chi connectivity index (χ2n) is 9.99. The molecule has 2 aromatic carbocycles. The first kappa shape index (κ1) is 23.8. The summed E-state index contributed by atoms with van der Waals surface area (Å²) in [5.41, 5.74) is 2.44. The predicted molar refractivity (Wildman–Crippen MR) is 140 cm³/mol. The van der Waals surface area contributed by atoms with Crippen molar-refractivity contribution in [3.05, 3.63) is 77.5 Å². The summed E-state index contributed by atoms with van der Waals surface area (Å²) in [4.78, 5) is 20.3. The number of fused-ring (bicyclic) bond motifs is 1. The second kappa shape index (κ2) is 9.68. The Balaban J connectivity index is 0.00000294. The fourth-order valence-electron chi connectivity index (χ4n) is 5.47. The summed E-state index contributed by atoms with van der Waals surface area (Å²) in [5, 5.41) is 13.1. The topological polar surface area (TPSA) is 93.2 Å². The molecule has 8 nitrogen and oxygen atoms in total. The molecule has 3 aromatic rings. The Morgan fingerprint density at radius 2 is 1.92 bits per heavy atom. The molecule has 2 fully saturated rings. The van der Waals surface area contributed by atoms with E-state index in [1.807, 2.05) is 54.7 Å². The van der Waals surface area contributed by atoms with E-state index in [9.17, 15) is 9.90 Å². The molecule has 1 atom stereocenters. The van der Waals surface area contributed by atoms with Gasteiger partial charge in [-0.3, -0.25) is 9.69 Å². The molecule has 1 aliphatic carbocycles. The van der Waals surface area contributed by atoms with Crippen LogP contribution in [-0.4, -0.2) is 54.0 Å². The van der Waals surface area contributed by atoms with Gasteiger partial charge in [0.1, 0.15) is 11.6 Å². The van der Waals surface area contributed by atoms with E-state index in [0.717, 1.165) is 61.2 Å². The lowest BCUT2D eigenvalue weighted by atomic mass is 9.94. The number of hydrogen-bond acceptors (Lipinski definition) is 7. The summed E-state index contributed by atoms with van der Waals surface area (Å²) >= 11 is 0. The maximum atomic E-state index is 13.3. The van der Waals surface area contributed by atoms with E-state index < -0.39 is 5.41 Å².